The minimum absolute atomic E-state index is 0.396. The molecule has 0 aliphatic rings. The lowest BCUT2D eigenvalue weighted by Gasteiger charge is -2.17. The van der Waals surface area contributed by atoms with Crippen molar-refractivity contribution >= 4 is 5.71 Å². The molecule has 0 fully saturated rings. The third-order valence-corrected chi connectivity index (χ3v) is 2.12. The molecular formula is C12H24N2. The Kier molecular flexibility index (Phi) is 5.51. The Morgan fingerprint density at radius 1 is 1.00 bits per heavy atom. The Balaban J connectivity index is 5.01. The van der Waals surface area contributed by atoms with Crippen molar-refractivity contribution in [3.8, 4) is 0 Å². The predicted molar refractivity (Wildman–Crippen MR) is 64.2 cm³/mol. The first-order chi connectivity index (χ1) is 6.40. The van der Waals surface area contributed by atoms with Crippen LogP contribution in [0.15, 0.2) is 16.8 Å². The normalized spacial score (nSPS) is 14.6. The third kappa shape index (κ3) is 3.95. The van der Waals surface area contributed by atoms with Crippen LogP contribution >= 0.6 is 0 Å². The summed E-state index contributed by atoms with van der Waals surface area (Å²) < 4.78 is 0. The lowest BCUT2D eigenvalue weighted by molar-refractivity contribution is 0.738. The van der Waals surface area contributed by atoms with E-state index < -0.39 is 0 Å². The second-order valence-corrected chi connectivity index (χ2v) is 4.69. The molecule has 0 aromatic carbocycles. The lowest BCUT2D eigenvalue weighted by atomic mass is 9.89. The van der Waals surface area contributed by atoms with Crippen LogP contribution in [0.2, 0.25) is 0 Å². The summed E-state index contributed by atoms with van der Waals surface area (Å²) in [6, 6.07) is 0. The summed E-state index contributed by atoms with van der Waals surface area (Å²) in [6.45, 7) is 13.0. The van der Waals surface area contributed by atoms with E-state index >= 15 is 0 Å². The van der Waals surface area contributed by atoms with Crippen molar-refractivity contribution in [3.05, 3.63) is 11.6 Å². The maximum atomic E-state index is 5.44. The lowest BCUT2D eigenvalue weighted by Crippen LogP contribution is -2.17. The summed E-state index contributed by atoms with van der Waals surface area (Å²) in [5, 5.41) is 3.91. The molecule has 2 nitrogen and oxygen atoms in total. The van der Waals surface area contributed by atoms with Gasteiger partial charge in [-0.1, -0.05) is 47.6 Å². The topological polar surface area (TPSA) is 38.4 Å². The minimum atomic E-state index is 0.396. The molecule has 14 heavy (non-hydrogen) atoms. The molecule has 0 atom stereocenters. The molecule has 0 saturated heterocycles. The van der Waals surface area contributed by atoms with Crippen LogP contribution in [0.4, 0.5) is 0 Å². The molecule has 0 saturated carbocycles. The first-order valence-electron chi connectivity index (χ1n) is 5.40. The highest BCUT2D eigenvalue weighted by molar-refractivity contribution is 6.01. The Morgan fingerprint density at radius 3 is 1.71 bits per heavy atom. The first kappa shape index (κ1) is 13.2. The van der Waals surface area contributed by atoms with E-state index in [2.05, 4.69) is 52.7 Å². The van der Waals surface area contributed by atoms with Gasteiger partial charge in [-0.3, -0.25) is 0 Å². The van der Waals surface area contributed by atoms with Gasteiger partial charge < -0.3 is 5.84 Å². The van der Waals surface area contributed by atoms with Crippen LogP contribution in [0, 0.1) is 17.8 Å². The molecule has 0 heterocycles. The van der Waals surface area contributed by atoms with Crippen molar-refractivity contribution in [2.75, 3.05) is 0 Å². The fraction of sp³-hybridized carbons (Fsp3) is 0.750. The highest BCUT2D eigenvalue weighted by Gasteiger charge is 2.14. The number of nitrogens with two attached hydrogens (primary N) is 1. The highest BCUT2D eigenvalue weighted by atomic mass is 15.1. The van der Waals surface area contributed by atoms with E-state index in [0.717, 1.165) is 5.71 Å². The smallest absolute Gasteiger partial charge is 0.0657 e. The molecule has 82 valence electrons. The van der Waals surface area contributed by atoms with E-state index in [1.807, 2.05) is 0 Å². The van der Waals surface area contributed by atoms with Gasteiger partial charge in [0.25, 0.3) is 0 Å². The molecule has 2 N–H and O–H groups in total. The molecular weight excluding hydrogens is 172 g/mol. The van der Waals surface area contributed by atoms with Gasteiger partial charge >= 0.3 is 0 Å². The van der Waals surface area contributed by atoms with E-state index in [-0.39, 0.29) is 0 Å². The molecule has 0 aromatic heterocycles. The third-order valence-electron chi connectivity index (χ3n) is 2.12. The number of hydrogen-bond acceptors (Lipinski definition) is 2. The Hall–Kier alpha value is -0.790. The number of nitrogens with zero attached hydrogens (tertiary/aromatic N) is 1. The SMILES string of the molecule is CC(C)/C=C(\C(=N/N)C(C)C)C(C)C. The fourth-order valence-electron chi connectivity index (χ4n) is 1.49. The van der Waals surface area contributed by atoms with Crippen molar-refractivity contribution in [3.63, 3.8) is 0 Å². The fourth-order valence-corrected chi connectivity index (χ4v) is 1.49. The minimum Gasteiger partial charge on any atom is -0.323 e. The number of rotatable bonds is 4. The monoisotopic (exact) mass is 196 g/mol. The quantitative estimate of drug-likeness (QED) is 0.418. The second-order valence-electron chi connectivity index (χ2n) is 4.69. The molecule has 0 aliphatic heterocycles. The Morgan fingerprint density at radius 2 is 1.50 bits per heavy atom. The van der Waals surface area contributed by atoms with Crippen LogP contribution in [0.5, 0.6) is 0 Å². The van der Waals surface area contributed by atoms with Gasteiger partial charge in [-0.25, -0.2) is 0 Å². The molecule has 0 rings (SSSR count). The van der Waals surface area contributed by atoms with Crippen molar-refractivity contribution in [2.45, 2.75) is 41.5 Å². The van der Waals surface area contributed by atoms with E-state index in [1.54, 1.807) is 0 Å². The molecule has 0 aromatic rings. The average Bonchev–Trinajstić information content (AvgIpc) is 2.02. The molecule has 2 heteroatoms. The molecule has 0 spiro atoms. The van der Waals surface area contributed by atoms with E-state index in [1.165, 1.54) is 5.57 Å². The van der Waals surface area contributed by atoms with Crippen LogP contribution in [0.25, 0.3) is 0 Å². The van der Waals surface area contributed by atoms with Crippen molar-refractivity contribution in [1.29, 1.82) is 0 Å². The van der Waals surface area contributed by atoms with Gasteiger partial charge in [0, 0.05) is 0 Å². The van der Waals surface area contributed by atoms with Crippen LogP contribution in [-0.4, -0.2) is 5.71 Å². The van der Waals surface area contributed by atoms with E-state index in [0.29, 0.717) is 17.8 Å². The van der Waals surface area contributed by atoms with Crippen molar-refractivity contribution in [1.82, 2.24) is 0 Å². The largest absolute Gasteiger partial charge is 0.323 e. The summed E-state index contributed by atoms with van der Waals surface area (Å²) in [5.41, 5.74) is 2.33. The summed E-state index contributed by atoms with van der Waals surface area (Å²) in [6.07, 6.45) is 2.26. The van der Waals surface area contributed by atoms with Gasteiger partial charge in [-0.2, -0.15) is 5.10 Å². The summed E-state index contributed by atoms with van der Waals surface area (Å²) in [4.78, 5) is 0. The maximum Gasteiger partial charge on any atom is 0.0657 e. The highest BCUT2D eigenvalue weighted by Crippen LogP contribution is 2.18. The first-order valence-corrected chi connectivity index (χ1v) is 5.40. The van der Waals surface area contributed by atoms with Gasteiger partial charge in [0.1, 0.15) is 0 Å². The molecule has 0 bridgehead atoms. The van der Waals surface area contributed by atoms with Crippen LogP contribution in [0.3, 0.4) is 0 Å². The van der Waals surface area contributed by atoms with Gasteiger partial charge in [-0.15, -0.1) is 0 Å². The molecule has 0 amide bonds. The predicted octanol–water partition coefficient (Wildman–Crippen LogP) is 3.20. The van der Waals surface area contributed by atoms with E-state index in [4.69, 9.17) is 5.84 Å². The summed E-state index contributed by atoms with van der Waals surface area (Å²) in [7, 11) is 0. The van der Waals surface area contributed by atoms with Crippen LogP contribution in [-0.2, 0) is 0 Å². The summed E-state index contributed by atoms with van der Waals surface area (Å²) >= 11 is 0. The molecule has 0 aliphatic carbocycles. The number of allylic oxidation sites excluding steroid dienone is 2. The van der Waals surface area contributed by atoms with Gasteiger partial charge in [0.15, 0.2) is 0 Å². The number of hydrogen-bond donors (Lipinski definition) is 1. The van der Waals surface area contributed by atoms with Gasteiger partial charge in [0.2, 0.25) is 0 Å². The number of hydrazone groups is 1. The molecule has 0 unspecified atom stereocenters. The second kappa shape index (κ2) is 5.84. The van der Waals surface area contributed by atoms with Gasteiger partial charge in [-0.05, 0) is 23.3 Å². The van der Waals surface area contributed by atoms with E-state index in [9.17, 15) is 0 Å². The van der Waals surface area contributed by atoms with Crippen LogP contribution < -0.4 is 5.84 Å². The van der Waals surface area contributed by atoms with Crippen molar-refractivity contribution in [2.24, 2.45) is 28.7 Å². The standard InChI is InChI=1S/C12H24N2/c1-8(2)7-11(9(3)4)12(14-13)10(5)6/h7-10H,13H2,1-6H3/b11-7-,14-12-. The van der Waals surface area contributed by atoms with Gasteiger partial charge in [0.05, 0.1) is 5.71 Å². The zero-order chi connectivity index (χ0) is 11.3. The Bertz CT molecular complexity index is 222. The van der Waals surface area contributed by atoms with Crippen molar-refractivity contribution < 1.29 is 0 Å². The zero-order valence-electron chi connectivity index (χ0n) is 10.3. The maximum absolute atomic E-state index is 5.44. The molecule has 0 radical (unpaired) electrons. The summed E-state index contributed by atoms with van der Waals surface area (Å²) in [5.74, 6) is 6.86. The van der Waals surface area contributed by atoms with Crippen LogP contribution in [0.1, 0.15) is 41.5 Å². The average molecular weight is 196 g/mol. The zero-order valence-corrected chi connectivity index (χ0v) is 10.3. The Labute approximate surface area is 88.3 Å².